The maximum atomic E-state index is 11.1. The van der Waals surface area contributed by atoms with Gasteiger partial charge in [-0.25, -0.2) is 26.8 Å². The summed E-state index contributed by atoms with van der Waals surface area (Å²) in [7, 11) is -6.53. The molecule has 0 aliphatic rings. The third kappa shape index (κ3) is 2.64. The van der Waals surface area contributed by atoms with Crippen molar-refractivity contribution in [1.82, 2.24) is 9.97 Å². The topological polar surface area (TPSA) is 94.1 Å². The van der Waals surface area contributed by atoms with Crippen molar-refractivity contribution in [3.05, 3.63) is 10.8 Å². The fourth-order valence-electron chi connectivity index (χ4n) is 0.881. The highest BCUT2D eigenvalue weighted by molar-refractivity contribution is 7.90. The third-order valence-corrected chi connectivity index (χ3v) is 3.66. The van der Waals surface area contributed by atoms with Crippen LogP contribution < -0.4 is 0 Å². The summed E-state index contributed by atoms with van der Waals surface area (Å²) in [5, 5.41) is -0.857. The van der Waals surface area contributed by atoms with E-state index in [1.165, 1.54) is 6.92 Å². The SMILES string of the molecule is Cc1nc(S(C)(=O)=O)nc(Cl)c1[SH](=O)=O. The van der Waals surface area contributed by atoms with Crippen LogP contribution in [0, 0.1) is 6.92 Å². The van der Waals surface area contributed by atoms with E-state index < -0.39 is 25.7 Å². The largest absolute Gasteiger partial charge is 0.248 e. The van der Waals surface area contributed by atoms with Gasteiger partial charge in [-0.3, -0.25) is 0 Å². The van der Waals surface area contributed by atoms with Crippen LogP contribution in [-0.2, 0) is 20.5 Å². The lowest BCUT2D eigenvalue weighted by atomic mass is 10.5. The van der Waals surface area contributed by atoms with Gasteiger partial charge in [0.15, 0.2) is 15.9 Å². The molecule has 1 aromatic rings. The third-order valence-electron chi connectivity index (χ3n) is 1.51. The minimum atomic E-state index is -3.59. The molecule has 1 aromatic heterocycles. The molecule has 6 nitrogen and oxygen atoms in total. The van der Waals surface area contributed by atoms with Crippen LogP contribution in [0.2, 0.25) is 5.15 Å². The van der Waals surface area contributed by atoms with Crippen molar-refractivity contribution >= 4 is 32.1 Å². The highest BCUT2D eigenvalue weighted by Crippen LogP contribution is 2.19. The molecule has 0 atom stereocenters. The van der Waals surface area contributed by atoms with E-state index in [0.717, 1.165) is 6.26 Å². The molecule has 1 rings (SSSR count). The maximum Gasteiger partial charge on any atom is 0.248 e. The maximum absolute atomic E-state index is 11.1. The predicted molar refractivity (Wildman–Crippen MR) is 53.5 cm³/mol. The van der Waals surface area contributed by atoms with E-state index in [9.17, 15) is 16.8 Å². The van der Waals surface area contributed by atoms with Gasteiger partial charge in [-0.15, -0.1) is 0 Å². The summed E-state index contributed by atoms with van der Waals surface area (Å²) >= 11 is 5.54. The molecule has 0 unspecified atom stereocenters. The van der Waals surface area contributed by atoms with Crippen LogP contribution >= 0.6 is 11.6 Å². The van der Waals surface area contributed by atoms with Crippen LogP contribution in [0.5, 0.6) is 0 Å². The average Bonchev–Trinajstić information content (AvgIpc) is 1.99. The van der Waals surface area contributed by atoms with E-state index in [2.05, 4.69) is 9.97 Å². The van der Waals surface area contributed by atoms with Crippen molar-refractivity contribution in [2.75, 3.05) is 6.26 Å². The van der Waals surface area contributed by atoms with Gasteiger partial charge in [0.1, 0.15) is 4.90 Å². The first-order chi connectivity index (χ1) is 6.73. The Labute approximate surface area is 93.2 Å². The highest BCUT2D eigenvalue weighted by atomic mass is 35.5. The summed E-state index contributed by atoms with van der Waals surface area (Å²) in [6.45, 7) is 1.35. The first kappa shape index (κ1) is 12.3. The molecule has 0 bridgehead atoms. The van der Waals surface area contributed by atoms with Gasteiger partial charge in [0.05, 0.1) is 5.69 Å². The van der Waals surface area contributed by atoms with E-state index in [1.54, 1.807) is 0 Å². The number of thiol groups is 1. The molecule has 9 heteroatoms. The van der Waals surface area contributed by atoms with Gasteiger partial charge in [-0.05, 0) is 6.92 Å². The Hall–Kier alpha value is -0.730. The minimum Gasteiger partial charge on any atom is -0.227 e. The van der Waals surface area contributed by atoms with Gasteiger partial charge >= 0.3 is 0 Å². The Bertz CT molecular complexity index is 548. The van der Waals surface area contributed by atoms with Gasteiger partial charge < -0.3 is 0 Å². The summed E-state index contributed by atoms with van der Waals surface area (Å²) in [4.78, 5) is 6.72. The van der Waals surface area contributed by atoms with E-state index in [4.69, 9.17) is 11.6 Å². The summed E-state index contributed by atoms with van der Waals surface area (Å²) in [5.74, 6) is 0. The molecule has 0 radical (unpaired) electrons. The Morgan fingerprint density at radius 1 is 1.27 bits per heavy atom. The van der Waals surface area contributed by atoms with E-state index in [1.807, 2.05) is 0 Å². The number of aromatic nitrogens is 2. The molecule has 0 aliphatic heterocycles. The van der Waals surface area contributed by atoms with Crippen LogP contribution in [0.1, 0.15) is 5.69 Å². The second-order valence-corrected chi connectivity index (χ2v) is 5.99. The molecule has 0 aliphatic carbocycles. The summed E-state index contributed by atoms with van der Waals surface area (Å²) in [5.41, 5.74) is 0.0199. The normalized spacial score (nSPS) is 12.0. The van der Waals surface area contributed by atoms with Crippen molar-refractivity contribution in [3.8, 4) is 0 Å². The van der Waals surface area contributed by atoms with Crippen molar-refractivity contribution in [1.29, 1.82) is 0 Å². The number of hydrogen-bond donors (Lipinski definition) is 1. The summed E-state index contributed by atoms with van der Waals surface area (Å²) < 4.78 is 43.6. The molecule has 0 fully saturated rings. The molecule has 1 heterocycles. The number of hydrogen-bond acceptors (Lipinski definition) is 6. The molecule has 15 heavy (non-hydrogen) atoms. The standard InChI is InChI=1S/C6H7ClN2O4S2/c1-3-4(14(10)11)5(7)9-6(8-3)15(2,12)13/h14H,1-2H3. The van der Waals surface area contributed by atoms with Gasteiger partial charge in [0.25, 0.3) is 0 Å². The van der Waals surface area contributed by atoms with E-state index in [-0.39, 0.29) is 15.7 Å². The Morgan fingerprint density at radius 2 is 1.80 bits per heavy atom. The zero-order valence-electron chi connectivity index (χ0n) is 7.76. The molecule has 0 N–H and O–H groups in total. The summed E-state index contributed by atoms with van der Waals surface area (Å²) in [6.07, 6.45) is 0.912. The Kier molecular flexibility index (Phi) is 3.31. The minimum absolute atomic E-state index is 0.0199. The number of halogens is 1. The number of sulfone groups is 1. The molecule has 0 aromatic carbocycles. The van der Waals surface area contributed by atoms with Crippen LogP contribution in [-0.4, -0.2) is 33.1 Å². The zero-order valence-corrected chi connectivity index (χ0v) is 10.2. The summed E-state index contributed by atoms with van der Waals surface area (Å²) in [6, 6.07) is 0. The lowest BCUT2D eigenvalue weighted by Crippen LogP contribution is -2.07. The Morgan fingerprint density at radius 3 is 2.13 bits per heavy atom. The Balaban J connectivity index is 3.59. The van der Waals surface area contributed by atoms with Crippen LogP contribution in [0.3, 0.4) is 0 Å². The van der Waals surface area contributed by atoms with Crippen LogP contribution in [0.15, 0.2) is 10.1 Å². The number of nitrogens with zero attached hydrogens (tertiary/aromatic N) is 2. The molecule has 0 saturated carbocycles. The molecule has 84 valence electrons. The van der Waals surface area contributed by atoms with Crippen molar-refractivity contribution < 1.29 is 16.8 Å². The van der Waals surface area contributed by atoms with E-state index in [0.29, 0.717) is 0 Å². The van der Waals surface area contributed by atoms with Gasteiger partial charge in [0.2, 0.25) is 15.0 Å². The predicted octanol–water partition coefficient (Wildman–Crippen LogP) is -0.188. The highest BCUT2D eigenvalue weighted by Gasteiger charge is 2.17. The molecule has 0 spiro atoms. The monoisotopic (exact) mass is 270 g/mol. The molecule has 0 amide bonds. The number of rotatable bonds is 2. The smallest absolute Gasteiger partial charge is 0.227 e. The van der Waals surface area contributed by atoms with E-state index >= 15 is 0 Å². The molecule has 0 saturated heterocycles. The zero-order chi connectivity index (χ0) is 11.8. The fraction of sp³-hybridized carbons (Fsp3) is 0.333. The second kappa shape index (κ2) is 4.03. The van der Waals surface area contributed by atoms with Gasteiger partial charge in [-0.1, -0.05) is 11.6 Å². The first-order valence-corrected chi connectivity index (χ1v) is 7.06. The molecular formula is C6H7ClN2O4S2. The lowest BCUT2D eigenvalue weighted by Gasteiger charge is -2.02. The van der Waals surface area contributed by atoms with Crippen LogP contribution in [0.4, 0.5) is 0 Å². The van der Waals surface area contributed by atoms with Crippen LogP contribution in [0.25, 0.3) is 0 Å². The van der Waals surface area contributed by atoms with Gasteiger partial charge in [0, 0.05) is 6.26 Å². The average molecular weight is 271 g/mol. The first-order valence-electron chi connectivity index (χ1n) is 3.62. The van der Waals surface area contributed by atoms with Crippen molar-refractivity contribution in [2.45, 2.75) is 17.0 Å². The lowest BCUT2D eigenvalue weighted by molar-refractivity contribution is 0.589. The molecular weight excluding hydrogens is 264 g/mol. The second-order valence-electron chi connectivity index (χ2n) is 2.76. The van der Waals surface area contributed by atoms with Gasteiger partial charge in [-0.2, -0.15) is 0 Å². The fourth-order valence-corrected chi connectivity index (χ4v) is 2.43. The van der Waals surface area contributed by atoms with Crippen molar-refractivity contribution in [2.24, 2.45) is 0 Å². The van der Waals surface area contributed by atoms with Crippen molar-refractivity contribution in [3.63, 3.8) is 0 Å². The quantitative estimate of drug-likeness (QED) is 0.455. The number of aryl methyl sites for hydroxylation is 1.